The van der Waals surface area contributed by atoms with E-state index >= 15 is 0 Å². The van der Waals surface area contributed by atoms with Crippen molar-refractivity contribution in [1.29, 1.82) is 0 Å². The third kappa shape index (κ3) is 5.19. The van der Waals surface area contributed by atoms with Crippen LogP contribution in [0.1, 0.15) is 11.1 Å². The molecule has 0 heterocycles. The summed E-state index contributed by atoms with van der Waals surface area (Å²) >= 11 is 0. The lowest BCUT2D eigenvalue weighted by Crippen LogP contribution is -2.24. The van der Waals surface area contributed by atoms with Gasteiger partial charge in [-0.25, -0.2) is 0 Å². The molecular formula is C22H28N2O4. The third-order valence-corrected chi connectivity index (χ3v) is 4.39. The fourth-order valence-corrected chi connectivity index (χ4v) is 2.72. The minimum atomic E-state index is -0.103. The zero-order valence-corrected chi connectivity index (χ0v) is 17.4. The number of benzene rings is 2. The standard InChI is InChI=1S/C22H28N2O4/c1-23(2)18-10-7-16(8-11-18)15-24(3)22(25)12-9-17-13-20(27-5)21(28-6)14-19(17)26-4/h7-14H,15H2,1-6H3/b12-9+. The van der Waals surface area contributed by atoms with E-state index in [9.17, 15) is 4.79 Å². The number of hydrogen-bond acceptors (Lipinski definition) is 5. The first kappa shape index (κ1) is 21.2. The van der Waals surface area contributed by atoms with Crippen LogP contribution in [-0.2, 0) is 11.3 Å². The molecule has 2 aromatic carbocycles. The van der Waals surface area contributed by atoms with Gasteiger partial charge in [-0.15, -0.1) is 0 Å². The van der Waals surface area contributed by atoms with Crippen molar-refractivity contribution in [3.63, 3.8) is 0 Å². The van der Waals surface area contributed by atoms with E-state index in [1.54, 1.807) is 51.5 Å². The molecule has 0 unspecified atom stereocenters. The Morgan fingerprint density at radius 1 is 0.893 bits per heavy atom. The maximum atomic E-state index is 12.5. The maximum Gasteiger partial charge on any atom is 0.246 e. The molecule has 0 atom stereocenters. The topological polar surface area (TPSA) is 51.2 Å². The van der Waals surface area contributed by atoms with Crippen LogP contribution in [0.25, 0.3) is 6.08 Å². The highest BCUT2D eigenvalue weighted by atomic mass is 16.5. The van der Waals surface area contributed by atoms with Crippen molar-refractivity contribution >= 4 is 17.7 Å². The lowest BCUT2D eigenvalue weighted by Gasteiger charge is -2.17. The number of methoxy groups -OCH3 is 3. The first-order valence-corrected chi connectivity index (χ1v) is 8.89. The van der Waals surface area contributed by atoms with Gasteiger partial charge in [0.1, 0.15) is 5.75 Å². The van der Waals surface area contributed by atoms with Crippen molar-refractivity contribution < 1.29 is 19.0 Å². The average Bonchev–Trinajstić information content (AvgIpc) is 2.71. The van der Waals surface area contributed by atoms with E-state index < -0.39 is 0 Å². The molecule has 0 radical (unpaired) electrons. The van der Waals surface area contributed by atoms with Gasteiger partial charge in [0.2, 0.25) is 5.91 Å². The van der Waals surface area contributed by atoms with Gasteiger partial charge in [-0.05, 0) is 29.8 Å². The first-order valence-electron chi connectivity index (χ1n) is 8.89. The Labute approximate surface area is 166 Å². The van der Waals surface area contributed by atoms with Gasteiger partial charge in [-0.3, -0.25) is 4.79 Å². The number of carbonyl (C=O) groups is 1. The van der Waals surface area contributed by atoms with Crippen LogP contribution in [0.5, 0.6) is 17.2 Å². The second-order valence-electron chi connectivity index (χ2n) is 6.54. The number of carbonyl (C=O) groups excluding carboxylic acids is 1. The molecule has 2 rings (SSSR count). The molecule has 6 nitrogen and oxygen atoms in total. The van der Waals surface area contributed by atoms with Gasteiger partial charge in [-0.2, -0.15) is 0 Å². The fraction of sp³-hybridized carbons (Fsp3) is 0.318. The molecule has 150 valence electrons. The minimum absolute atomic E-state index is 0.103. The number of rotatable bonds is 8. The van der Waals surface area contributed by atoms with E-state index in [-0.39, 0.29) is 5.91 Å². The Bertz CT molecular complexity index is 829. The maximum absolute atomic E-state index is 12.5. The van der Waals surface area contributed by atoms with Gasteiger partial charge in [0.05, 0.1) is 21.3 Å². The molecule has 0 aliphatic carbocycles. The fourth-order valence-electron chi connectivity index (χ4n) is 2.72. The third-order valence-electron chi connectivity index (χ3n) is 4.39. The summed E-state index contributed by atoms with van der Waals surface area (Å²) < 4.78 is 16.0. The normalized spacial score (nSPS) is 10.6. The lowest BCUT2D eigenvalue weighted by molar-refractivity contribution is -0.125. The monoisotopic (exact) mass is 384 g/mol. The van der Waals surface area contributed by atoms with Crippen LogP contribution in [0.3, 0.4) is 0 Å². The Morgan fingerprint density at radius 3 is 2.00 bits per heavy atom. The molecule has 0 saturated carbocycles. The summed E-state index contributed by atoms with van der Waals surface area (Å²) in [4.78, 5) is 16.2. The number of likely N-dealkylation sites (N-methyl/N-ethyl adjacent to an activating group) is 1. The number of anilines is 1. The summed E-state index contributed by atoms with van der Waals surface area (Å²) in [7, 11) is 10.5. The van der Waals surface area contributed by atoms with Crippen molar-refractivity contribution in [2.75, 3.05) is 47.4 Å². The van der Waals surface area contributed by atoms with E-state index in [1.165, 1.54) is 6.08 Å². The van der Waals surface area contributed by atoms with Crippen LogP contribution < -0.4 is 19.1 Å². The van der Waals surface area contributed by atoms with E-state index in [4.69, 9.17) is 14.2 Å². The van der Waals surface area contributed by atoms with Crippen LogP contribution in [-0.4, -0.2) is 53.3 Å². The van der Waals surface area contributed by atoms with Gasteiger partial charge in [-0.1, -0.05) is 12.1 Å². The highest BCUT2D eigenvalue weighted by Crippen LogP contribution is 2.35. The Morgan fingerprint density at radius 2 is 1.46 bits per heavy atom. The zero-order valence-electron chi connectivity index (χ0n) is 17.4. The van der Waals surface area contributed by atoms with E-state index in [0.717, 1.165) is 16.8 Å². The predicted molar refractivity (Wildman–Crippen MR) is 112 cm³/mol. The molecule has 28 heavy (non-hydrogen) atoms. The van der Waals surface area contributed by atoms with Crippen molar-refractivity contribution in [2.24, 2.45) is 0 Å². The molecule has 0 bridgehead atoms. The van der Waals surface area contributed by atoms with Crippen LogP contribution in [0, 0.1) is 0 Å². The van der Waals surface area contributed by atoms with Gasteiger partial charge < -0.3 is 24.0 Å². The molecule has 0 N–H and O–H groups in total. The van der Waals surface area contributed by atoms with Gasteiger partial charge >= 0.3 is 0 Å². The number of ether oxygens (including phenoxy) is 3. The van der Waals surface area contributed by atoms with Gasteiger partial charge in [0, 0.05) is 51.1 Å². The number of nitrogens with zero attached hydrogens (tertiary/aromatic N) is 2. The number of amides is 1. The summed E-state index contributed by atoms with van der Waals surface area (Å²) in [5.74, 6) is 1.64. The van der Waals surface area contributed by atoms with Gasteiger partial charge in [0.15, 0.2) is 11.5 Å². The molecule has 0 saturated heterocycles. The summed E-state index contributed by atoms with van der Waals surface area (Å²) in [6.07, 6.45) is 3.24. The molecule has 0 spiro atoms. The summed E-state index contributed by atoms with van der Waals surface area (Å²) in [6.45, 7) is 0.528. The lowest BCUT2D eigenvalue weighted by atomic mass is 10.1. The van der Waals surface area contributed by atoms with Crippen LogP contribution in [0.2, 0.25) is 0 Å². The predicted octanol–water partition coefficient (Wildman–Crippen LogP) is 3.45. The largest absolute Gasteiger partial charge is 0.496 e. The van der Waals surface area contributed by atoms with Crippen molar-refractivity contribution in [1.82, 2.24) is 4.90 Å². The average molecular weight is 384 g/mol. The second kappa shape index (κ2) is 9.69. The number of hydrogen-bond donors (Lipinski definition) is 0. The Kier molecular flexibility index (Phi) is 7.32. The minimum Gasteiger partial charge on any atom is -0.496 e. The highest BCUT2D eigenvalue weighted by Gasteiger charge is 2.11. The van der Waals surface area contributed by atoms with Crippen LogP contribution in [0.4, 0.5) is 5.69 Å². The van der Waals surface area contributed by atoms with Crippen molar-refractivity contribution in [3.8, 4) is 17.2 Å². The summed E-state index contributed by atoms with van der Waals surface area (Å²) in [5, 5.41) is 0. The quantitative estimate of drug-likeness (QED) is 0.653. The second-order valence-corrected chi connectivity index (χ2v) is 6.54. The first-order chi connectivity index (χ1) is 13.4. The molecule has 0 aliphatic heterocycles. The van der Waals surface area contributed by atoms with Crippen molar-refractivity contribution in [3.05, 3.63) is 53.6 Å². The molecule has 0 fully saturated rings. The van der Waals surface area contributed by atoms with E-state index in [2.05, 4.69) is 0 Å². The van der Waals surface area contributed by atoms with Crippen molar-refractivity contribution in [2.45, 2.75) is 6.54 Å². The molecule has 6 heteroatoms. The van der Waals surface area contributed by atoms with Crippen LogP contribution >= 0.6 is 0 Å². The Hall–Kier alpha value is -3.15. The molecular weight excluding hydrogens is 356 g/mol. The molecule has 0 aromatic heterocycles. The SMILES string of the molecule is COc1cc(OC)c(OC)cc1/C=C/C(=O)N(C)Cc1ccc(N(C)C)cc1. The highest BCUT2D eigenvalue weighted by molar-refractivity contribution is 5.92. The zero-order chi connectivity index (χ0) is 20.7. The summed E-state index contributed by atoms with van der Waals surface area (Å²) in [5.41, 5.74) is 2.92. The van der Waals surface area contributed by atoms with E-state index in [0.29, 0.717) is 23.8 Å². The summed E-state index contributed by atoms with van der Waals surface area (Å²) in [6, 6.07) is 11.6. The van der Waals surface area contributed by atoms with E-state index in [1.807, 2.05) is 43.3 Å². The molecule has 0 aliphatic rings. The van der Waals surface area contributed by atoms with Gasteiger partial charge in [0.25, 0.3) is 0 Å². The Balaban J connectivity index is 2.11. The molecule has 2 aromatic rings. The molecule has 1 amide bonds. The smallest absolute Gasteiger partial charge is 0.246 e. The van der Waals surface area contributed by atoms with Crippen LogP contribution in [0.15, 0.2) is 42.5 Å².